The smallest absolute Gasteiger partial charge is 0.138 e. The second-order valence-electron chi connectivity index (χ2n) is 3.42. The number of hydrogen-bond acceptors (Lipinski definition) is 2. The first-order chi connectivity index (χ1) is 6.56. The molecule has 0 spiro atoms. The number of carbonyl (C=O) groups excluding carboxylic acids is 1. The summed E-state index contributed by atoms with van der Waals surface area (Å²) in [6.45, 7) is 3.38. The first-order valence-electron chi connectivity index (χ1n) is 4.52. The fraction of sp³-hybridized carbons (Fsp3) is 0.364. The van der Waals surface area contributed by atoms with Crippen LogP contribution < -0.4 is 5.73 Å². The second-order valence-corrected chi connectivity index (χ2v) is 3.42. The summed E-state index contributed by atoms with van der Waals surface area (Å²) in [5.74, 6) is -0.971. The zero-order valence-electron chi connectivity index (χ0n) is 8.38. The summed E-state index contributed by atoms with van der Waals surface area (Å²) in [5.41, 5.74) is 6.66. The molecule has 0 amide bonds. The summed E-state index contributed by atoms with van der Waals surface area (Å²) < 4.78 is 13.4. The Morgan fingerprint density at radius 3 is 2.64 bits per heavy atom. The van der Waals surface area contributed by atoms with Gasteiger partial charge in [-0.15, -0.1) is 0 Å². The van der Waals surface area contributed by atoms with Crippen LogP contribution in [0.5, 0.6) is 0 Å². The number of Topliss-reactive ketones (excluding diaryl/α,β-unsaturated/α-hetero) is 1. The summed E-state index contributed by atoms with van der Waals surface area (Å²) >= 11 is 0. The normalized spacial score (nSPS) is 12.6. The molecule has 1 aromatic rings. The predicted molar refractivity (Wildman–Crippen MR) is 53.6 cm³/mol. The monoisotopic (exact) mass is 195 g/mol. The molecule has 0 heterocycles. The molecule has 0 saturated carbocycles. The molecule has 2 N–H and O–H groups in total. The predicted octanol–water partition coefficient (Wildman–Crippen LogP) is 1.77. The lowest BCUT2D eigenvalue weighted by molar-refractivity contribution is -0.118. The highest BCUT2D eigenvalue weighted by molar-refractivity contribution is 5.83. The molecule has 1 atom stereocenters. The van der Waals surface area contributed by atoms with Gasteiger partial charge in [-0.2, -0.15) is 0 Å². The van der Waals surface area contributed by atoms with Gasteiger partial charge in [-0.05, 0) is 31.0 Å². The van der Waals surface area contributed by atoms with Crippen molar-refractivity contribution in [2.24, 2.45) is 5.73 Å². The lowest BCUT2D eigenvalue weighted by atomic mass is 9.94. The van der Waals surface area contributed by atoms with Crippen LogP contribution in [-0.4, -0.2) is 12.3 Å². The molecule has 0 saturated heterocycles. The van der Waals surface area contributed by atoms with Crippen molar-refractivity contribution < 1.29 is 9.18 Å². The topological polar surface area (TPSA) is 43.1 Å². The molecule has 0 radical (unpaired) electrons. The minimum atomic E-state index is -0.518. The van der Waals surface area contributed by atoms with Crippen LogP contribution in [0, 0.1) is 12.7 Å². The van der Waals surface area contributed by atoms with Crippen LogP contribution in [0.2, 0.25) is 0 Å². The van der Waals surface area contributed by atoms with E-state index in [4.69, 9.17) is 5.73 Å². The molecular weight excluding hydrogens is 181 g/mol. The zero-order chi connectivity index (χ0) is 10.7. The number of ketones is 1. The number of halogens is 1. The molecule has 76 valence electrons. The van der Waals surface area contributed by atoms with Crippen LogP contribution >= 0.6 is 0 Å². The quantitative estimate of drug-likeness (QED) is 0.798. The highest BCUT2D eigenvalue weighted by atomic mass is 19.1. The molecule has 0 aliphatic heterocycles. The Bertz CT molecular complexity index is 349. The van der Waals surface area contributed by atoms with Crippen molar-refractivity contribution in [2.45, 2.75) is 19.8 Å². The van der Waals surface area contributed by atoms with Gasteiger partial charge in [-0.25, -0.2) is 4.39 Å². The van der Waals surface area contributed by atoms with Crippen molar-refractivity contribution in [1.82, 2.24) is 0 Å². The third kappa shape index (κ3) is 2.17. The SMILES string of the molecule is CC(=O)[C@H](CN)c1ccc(C)cc1F. The van der Waals surface area contributed by atoms with Gasteiger partial charge in [0.1, 0.15) is 11.6 Å². The number of benzene rings is 1. The van der Waals surface area contributed by atoms with E-state index >= 15 is 0 Å². The molecule has 0 unspecified atom stereocenters. The number of aryl methyl sites for hydroxylation is 1. The lowest BCUT2D eigenvalue weighted by Gasteiger charge is -2.12. The highest BCUT2D eigenvalue weighted by Gasteiger charge is 2.18. The van der Waals surface area contributed by atoms with Gasteiger partial charge in [-0.3, -0.25) is 4.79 Å². The minimum absolute atomic E-state index is 0.102. The summed E-state index contributed by atoms with van der Waals surface area (Å²) in [4.78, 5) is 11.2. The molecule has 2 nitrogen and oxygen atoms in total. The lowest BCUT2D eigenvalue weighted by Crippen LogP contribution is -2.20. The molecule has 14 heavy (non-hydrogen) atoms. The van der Waals surface area contributed by atoms with Crippen LogP contribution in [0.15, 0.2) is 18.2 Å². The van der Waals surface area contributed by atoms with E-state index in [1.165, 1.54) is 13.0 Å². The molecular formula is C11H14FNO. The molecule has 0 fully saturated rings. The second kappa shape index (κ2) is 4.33. The Balaban J connectivity index is 3.10. The molecule has 0 bridgehead atoms. The van der Waals surface area contributed by atoms with Crippen molar-refractivity contribution in [1.29, 1.82) is 0 Å². The Morgan fingerprint density at radius 1 is 1.57 bits per heavy atom. The van der Waals surface area contributed by atoms with E-state index in [0.29, 0.717) is 5.56 Å². The molecule has 1 rings (SSSR count). The van der Waals surface area contributed by atoms with E-state index in [-0.39, 0.29) is 18.1 Å². The summed E-state index contributed by atoms with van der Waals surface area (Å²) in [5, 5.41) is 0. The first-order valence-corrected chi connectivity index (χ1v) is 4.52. The molecule has 0 aliphatic carbocycles. The molecule has 0 aliphatic rings. The van der Waals surface area contributed by atoms with Gasteiger partial charge in [0.2, 0.25) is 0 Å². The van der Waals surface area contributed by atoms with E-state index in [2.05, 4.69) is 0 Å². The Labute approximate surface area is 82.9 Å². The maximum Gasteiger partial charge on any atom is 0.138 e. The molecule has 1 aromatic carbocycles. The number of nitrogens with two attached hydrogens (primary N) is 1. The van der Waals surface area contributed by atoms with Gasteiger partial charge in [0.25, 0.3) is 0 Å². The van der Waals surface area contributed by atoms with Crippen molar-refractivity contribution in [3.8, 4) is 0 Å². The highest BCUT2D eigenvalue weighted by Crippen LogP contribution is 2.20. The third-order valence-electron chi connectivity index (χ3n) is 2.26. The number of hydrogen-bond donors (Lipinski definition) is 1. The fourth-order valence-corrected chi connectivity index (χ4v) is 1.43. The largest absolute Gasteiger partial charge is 0.329 e. The van der Waals surface area contributed by atoms with Crippen LogP contribution in [0.1, 0.15) is 24.0 Å². The first kappa shape index (κ1) is 10.9. The maximum absolute atomic E-state index is 13.4. The summed E-state index contributed by atoms with van der Waals surface area (Å²) in [6.07, 6.45) is 0. The van der Waals surface area contributed by atoms with Crippen LogP contribution in [-0.2, 0) is 4.79 Å². The van der Waals surface area contributed by atoms with E-state index < -0.39 is 5.92 Å². The van der Waals surface area contributed by atoms with E-state index in [9.17, 15) is 9.18 Å². The Kier molecular flexibility index (Phi) is 3.36. The van der Waals surface area contributed by atoms with Gasteiger partial charge in [-0.1, -0.05) is 12.1 Å². The van der Waals surface area contributed by atoms with Crippen molar-refractivity contribution >= 4 is 5.78 Å². The van der Waals surface area contributed by atoms with E-state index in [0.717, 1.165) is 5.56 Å². The standard InChI is InChI=1S/C11H14FNO/c1-7-3-4-9(11(12)5-7)10(6-13)8(2)14/h3-5,10H,6,13H2,1-2H3/t10-/m0/s1. The Morgan fingerprint density at radius 2 is 2.21 bits per heavy atom. The Hall–Kier alpha value is -1.22. The van der Waals surface area contributed by atoms with Crippen molar-refractivity contribution in [2.75, 3.05) is 6.54 Å². The maximum atomic E-state index is 13.4. The van der Waals surface area contributed by atoms with Crippen LogP contribution in [0.4, 0.5) is 4.39 Å². The fourth-order valence-electron chi connectivity index (χ4n) is 1.43. The van der Waals surface area contributed by atoms with Gasteiger partial charge < -0.3 is 5.73 Å². The zero-order valence-corrected chi connectivity index (χ0v) is 8.38. The number of carbonyl (C=O) groups is 1. The average Bonchev–Trinajstić information content (AvgIpc) is 2.09. The summed E-state index contributed by atoms with van der Waals surface area (Å²) in [6, 6.07) is 4.83. The van der Waals surface area contributed by atoms with Gasteiger partial charge in [0.15, 0.2) is 0 Å². The van der Waals surface area contributed by atoms with E-state index in [1.54, 1.807) is 19.1 Å². The van der Waals surface area contributed by atoms with Crippen LogP contribution in [0.3, 0.4) is 0 Å². The summed E-state index contributed by atoms with van der Waals surface area (Å²) in [7, 11) is 0. The number of rotatable bonds is 3. The van der Waals surface area contributed by atoms with Crippen LogP contribution in [0.25, 0.3) is 0 Å². The van der Waals surface area contributed by atoms with Gasteiger partial charge in [0.05, 0.1) is 5.92 Å². The third-order valence-corrected chi connectivity index (χ3v) is 2.26. The van der Waals surface area contributed by atoms with Crippen molar-refractivity contribution in [3.63, 3.8) is 0 Å². The van der Waals surface area contributed by atoms with Crippen molar-refractivity contribution in [3.05, 3.63) is 35.1 Å². The minimum Gasteiger partial charge on any atom is -0.329 e. The molecule has 3 heteroatoms. The molecule has 0 aromatic heterocycles. The average molecular weight is 195 g/mol. The van der Waals surface area contributed by atoms with Gasteiger partial charge in [0, 0.05) is 6.54 Å². The van der Waals surface area contributed by atoms with E-state index in [1.807, 2.05) is 0 Å². The van der Waals surface area contributed by atoms with Gasteiger partial charge >= 0.3 is 0 Å².